The van der Waals surface area contributed by atoms with E-state index in [0.717, 1.165) is 31.6 Å². The summed E-state index contributed by atoms with van der Waals surface area (Å²) in [4.78, 5) is 6.47. The van der Waals surface area contributed by atoms with E-state index in [4.69, 9.17) is 5.26 Å². The summed E-state index contributed by atoms with van der Waals surface area (Å²) in [5.41, 5.74) is 3.00. The Labute approximate surface area is 89.0 Å². The zero-order chi connectivity index (χ0) is 10.2. The van der Waals surface area contributed by atoms with Crippen LogP contribution in [0.1, 0.15) is 25.0 Å². The van der Waals surface area contributed by atoms with Gasteiger partial charge in [-0.25, -0.2) is 4.98 Å². The molecule has 0 amide bonds. The van der Waals surface area contributed by atoms with Crippen LogP contribution in [0.3, 0.4) is 0 Å². The van der Waals surface area contributed by atoms with Gasteiger partial charge in [0.25, 0.3) is 0 Å². The average Bonchev–Trinajstić information content (AvgIpc) is 2.65. The summed E-state index contributed by atoms with van der Waals surface area (Å²) in [6, 6.07) is 2.16. The third-order valence-electron chi connectivity index (χ3n) is 1.99. The number of hydrogen-bond donors (Lipinski definition) is 0. The van der Waals surface area contributed by atoms with Gasteiger partial charge >= 0.3 is 0 Å². The van der Waals surface area contributed by atoms with Gasteiger partial charge in [0.05, 0.1) is 17.3 Å². The topological polar surface area (TPSA) is 39.9 Å². The summed E-state index contributed by atoms with van der Waals surface area (Å²) in [5, 5.41) is 10.4. The molecule has 4 heteroatoms. The second kappa shape index (κ2) is 6.52. The van der Waals surface area contributed by atoms with Crippen molar-refractivity contribution in [3.05, 3.63) is 16.6 Å². The summed E-state index contributed by atoms with van der Waals surface area (Å²) in [6.07, 6.45) is 2.76. The molecule has 0 N–H and O–H groups in total. The standard InChI is InChI=1S/C10H15N3S/c1-13(6-4-2-3-5-11)7-10-8-14-9-12-10/h8-9H,2-4,6-7H2,1H3. The lowest BCUT2D eigenvalue weighted by molar-refractivity contribution is 0.316. The van der Waals surface area contributed by atoms with Crippen molar-refractivity contribution in [2.45, 2.75) is 25.8 Å². The van der Waals surface area contributed by atoms with Gasteiger partial charge in [-0.3, -0.25) is 0 Å². The molecule has 0 saturated heterocycles. The highest BCUT2D eigenvalue weighted by molar-refractivity contribution is 7.07. The maximum Gasteiger partial charge on any atom is 0.0795 e. The number of rotatable bonds is 6. The van der Waals surface area contributed by atoms with Gasteiger partial charge in [0, 0.05) is 18.3 Å². The fourth-order valence-electron chi connectivity index (χ4n) is 1.26. The molecule has 0 aliphatic heterocycles. The number of thiazole rings is 1. The summed E-state index contributed by atoms with van der Waals surface area (Å²) >= 11 is 1.63. The quantitative estimate of drug-likeness (QED) is 0.675. The molecule has 0 aliphatic rings. The van der Waals surface area contributed by atoms with Crippen LogP contribution in [0, 0.1) is 11.3 Å². The highest BCUT2D eigenvalue weighted by Gasteiger charge is 2.00. The Hall–Kier alpha value is -0.920. The lowest BCUT2D eigenvalue weighted by Gasteiger charge is -2.14. The first-order chi connectivity index (χ1) is 6.83. The van der Waals surface area contributed by atoms with Gasteiger partial charge in [0.1, 0.15) is 0 Å². The zero-order valence-electron chi connectivity index (χ0n) is 8.44. The molecule has 0 spiro atoms. The van der Waals surface area contributed by atoms with Crippen LogP contribution in [-0.2, 0) is 6.54 Å². The van der Waals surface area contributed by atoms with Crippen molar-refractivity contribution in [3.63, 3.8) is 0 Å². The monoisotopic (exact) mass is 209 g/mol. The van der Waals surface area contributed by atoms with Gasteiger partial charge in [0.15, 0.2) is 0 Å². The third-order valence-corrected chi connectivity index (χ3v) is 2.63. The fourth-order valence-corrected chi connectivity index (χ4v) is 1.81. The van der Waals surface area contributed by atoms with E-state index in [2.05, 4.69) is 28.4 Å². The molecule has 0 bridgehead atoms. The molecular weight excluding hydrogens is 194 g/mol. The normalized spacial score (nSPS) is 10.4. The van der Waals surface area contributed by atoms with E-state index >= 15 is 0 Å². The Bertz CT molecular complexity index is 276. The number of hydrogen-bond acceptors (Lipinski definition) is 4. The van der Waals surface area contributed by atoms with E-state index < -0.39 is 0 Å². The summed E-state index contributed by atoms with van der Waals surface area (Å²) in [5.74, 6) is 0. The van der Waals surface area contributed by atoms with Crippen molar-refractivity contribution in [1.29, 1.82) is 5.26 Å². The largest absolute Gasteiger partial charge is 0.301 e. The van der Waals surface area contributed by atoms with Crippen molar-refractivity contribution < 1.29 is 0 Å². The molecule has 3 nitrogen and oxygen atoms in total. The van der Waals surface area contributed by atoms with Crippen molar-refractivity contribution in [2.75, 3.05) is 13.6 Å². The molecular formula is C10H15N3S. The molecule has 0 unspecified atom stereocenters. The minimum absolute atomic E-state index is 0.671. The molecule has 1 aromatic rings. The first-order valence-corrected chi connectivity index (χ1v) is 5.70. The Balaban J connectivity index is 2.11. The van der Waals surface area contributed by atoms with Gasteiger partial charge in [-0.2, -0.15) is 5.26 Å². The fraction of sp³-hybridized carbons (Fsp3) is 0.600. The highest BCUT2D eigenvalue weighted by Crippen LogP contribution is 2.05. The van der Waals surface area contributed by atoms with Crippen molar-refractivity contribution >= 4 is 11.3 Å². The third kappa shape index (κ3) is 4.35. The number of nitriles is 1. The molecule has 76 valence electrons. The second-order valence-corrected chi connectivity index (χ2v) is 4.05. The molecule has 0 aliphatic carbocycles. The lowest BCUT2D eigenvalue weighted by Crippen LogP contribution is -2.19. The lowest BCUT2D eigenvalue weighted by atomic mass is 10.2. The summed E-state index contributed by atoms with van der Waals surface area (Å²) < 4.78 is 0. The molecule has 0 saturated carbocycles. The second-order valence-electron chi connectivity index (χ2n) is 3.33. The Morgan fingerprint density at radius 3 is 3.07 bits per heavy atom. The van der Waals surface area contributed by atoms with Gasteiger partial charge < -0.3 is 4.90 Å². The molecule has 1 rings (SSSR count). The minimum atomic E-state index is 0.671. The van der Waals surface area contributed by atoms with E-state index in [0.29, 0.717) is 6.42 Å². The number of unbranched alkanes of at least 4 members (excludes halogenated alkanes) is 2. The van der Waals surface area contributed by atoms with Crippen LogP contribution in [0.25, 0.3) is 0 Å². The molecule has 14 heavy (non-hydrogen) atoms. The van der Waals surface area contributed by atoms with E-state index in [1.165, 1.54) is 0 Å². The highest BCUT2D eigenvalue weighted by atomic mass is 32.1. The van der Waals surface area contributed by atoms with Crippen LogP contribution in [0.4, 0.5) is 0 Å². The summed E-state index contributed by atoms with van der Waals surface area (Å²) in [6.45, 7) is 1.95. The molecule has 0 fully saturated rings. The SMILES string of the molecule is CN(CCCCC#N)Cc1cscn1. The first-order valence-electron chi connectivity index (χ1n) is 4.75. The number of nitrogens with zero attached hydrogens (tertiary/aromatic N) is 3. The van der Waals surface area contributed by atoms with Gasteiger partial charge in [-0.05, 0) is 26.4 Å². The Kier molecular flexibility index (Phi) is 5.20. The van der Waals surface area contributed by atoms with Crippen LogP contribution in [0.15, 0.2) is 10.9 Å². The van der Waals surface area contributed by atoms with Crippen LogP contribution in [0.2, 0.25) is 0 Å². The van der Waals surface area contributed by atoms with Crippen molar-refractivity contribution in [3.8, 4) is 6.07 Å². The minimum Gasteiger partial charge on any atom is -0.301 e. The van der Waals surface area contributed by atoms with Crippen LogP contribution >= 0.6 is 11.3 Å². The predicted molar refractivity (Wildman–Crippen MR) is 57.9 cm³/mol. The van der Waals surface area contributed by atoms with Crippen LogP contribution in [0.5, 0.6) is 0 Å². The molecule has 1 heterocycles. The van der Waals surface area contributed by atoms with Crippen molar-refractivity contribution in [2.24, 2.45) is 0 Å². The van der Waals surface area contributed by atoms with Crippen LogP contribution < -0.4 is 0 Å². The number of aromatic nitrogens is 1. The Morgan fingerprint density at radius 2 is 2.43 bits per heavy atom. The van der Waals surface area contributed by atoms with E-state index in [1.54, 1.807) is 11.3 Å². The van der Waals surface area contributed by atoms with Gasteiger partial charge in [-0.1, -0.05) is 0 Å². The van der Waals surface area contributed by atoms with Crippen LogP contribution in [-0.4, -0.2) is 23.5 Å². The predicted octanol–water partition coefficient (Wildman–Crippen LogP) is 2.27. The van der Waals surface area contributed by atoms with E-state index in [9.17, 15) is 0 Å². The van der Waals surface area contributed by atoms with E-state index in [1.807, 2.05) is 5.51 Å². The first kappa shape index (κ1) is 11.2. The summed E-state index contributed by atoms with van der Waals surface area (Å²) in [7, 11) is 2.09. The maximum absolute atomic E-state index is 8.37. The molecule has 0 radical (unpaired) electrons. The molecule has 1 aromatic heterocycles. The average molecular weight is 209 g/mol. The Morgan fingerprint density at radius 1 is 1.57 bits per heavy atom. The maximum atomic E-state index is 8.37. The van der Waals surface area contributed by atoms with E-state index in [-0.39, 0.29) is 0 Å². The zero-order valence-corrected chi connectivity index (χ0v) is 9.26. The molecule has 0 atom stereocenters. The van der Waals surface area contributed by atoms with Gasteiger partial charge in [-0.15, -0.1) is 11.3 Å². The van der Waals surface area contributed by atoms with Gasteiger partial charge in [0.2, 0.25) is 0 Å². The van der Waals surface area contributed by atoms with Crippen molar-refractivity contribution in [1.82, 2.24) is 9.88 Å². The molecule has 0 aromatic carbocycles. The smallest absolute Gasteiger partial charge is 0.0795 e.